The van der Waals surface area contributed by atoms with E-state index in [1.165, 1.54) is 22.0 Å². The van der Waals surface area contributed by atoms with Gasteiger partial charge in [0.05, 0.1) is 18.4 Å². The maximum atomic E-state index is 14.0. The van der Waals surface area contributed by atoms with Crippen LogP contribution in [-0.2, 0) is 47.0 Å². The predicted octanol–water partition coefficient (Wildman–Crippen LogP) is 4.18. The second-order valence-electron chi connectivity index (χ2n) is 16.3. The molecule has 0 spiro atoms. The van der Waals surface area contributed by atoms with Crippen molar-refractivity contribution in [1.82, 2.24) is 25.2 Å². The summed E-state index contributed by atoms with van der Waals surface area (Å²) in [6.45, 7) is 11.9. The highest BCUT2D eigenvalue weighted by Crippen LogP contribution is 2.45. The van der Waals surface area contributed by atoms with Crippen molar-refractivity contribution in [2.45, 2.75) is 115 Å². The van der Waals surface area contributed by atoms with Gasteiger partial charge in [-0.15, -0.1) is 6.58 Å². The number of carbonyl (C=O) groups is 6. The van der Waals surface area contributed by atoms with Crippen LogP contribution in [0.5, 0.6) is 0 Å². The normalized spacial score (nSPS) is 22.1. The molecule has 1 aromatic rings. The Bertz CT molecular complexity index is 1930. The lowest BCUT2D eigenvalue weighted by atomic mass is 9.88. The third-order valence-corrected chi connectivity index (χ3v) is 12.5. The van der Waals surface area contributed by atoms with Crippen LogP contribution >= 0.6 is 0 Å². The Kier molecular flexibility index (Phi) is 12.8. The number of rotatable bonds is 17. The number of likely N-dealkylation sites (tertiary alicyclic amines) is 1. The first-order valence-electron chi connectivity index (χ1n) is 19.0. The highest BCUT2D eigenvalue weighted by molar-refractivity contribution is 7.91. The van der Waals surface area contributed by atoms with Crippen LogP contribution in [0.1, 0.15) is 95.8 Å². The van der Waals surface area contributed by atoms with Crippen molar-refractivity contribution in [2.24, 2.45) is 11.3 Å². The number of fused-ring (bicyclic) bond motifs is 1. The fourth-order valence-corrected chi connectivity index (χ4v) is 8.61. The molecule has 16 heteroatoms. The number of alkyl carbamates (subject to hydrolysis) is 1. The molecule has 1 aromatic carbocycles. The summed E-state index contributed by atoms with van der Waals surface area (Å²) in [6.07, 6.45) is 7.61. The van der Waals surface area contributed by atoms with Crippen LogP contribution in [0, 0.1) is 11.3 Å². The van der Waals surface area contributed by atoms with Crippen LogP contribution in [0.2, 0.25) is 0 Å². The second-order valence-corrected chi connectivity index (χ2v) is 18.2. The number of sulfonamides is 1. The van der Waals surface area contributed by atoms with Gasteiger partial charge in [0.25, 0.3) is 5.91 Å². The summed E-state index contributed by atoms with van der Waals surface area (Å²) in [5, 5.41) is 14.0. The highest BCUT2D eigenvalue weighted by atomic mass is 32.2. The van der Waals surface area contributed by atoms with E-state index in [9.17, 15) is 42.3 Å². The fraction of sp³-hybridized carbons (Fsp3) is 0.550. The molecule has 0 unspecified atom stereocenters. The van der Waals surface area contributed by atoms with Gasteiger partial charge in [0, 0.05) is 25.4 Å². The van der Waals surface area contributed by atoms with Gasteiger partial charge in [0.1, 0.15) is 17.6 Å². The van der Waals surface area contributed by atoms with Crippen LogP contribution < -0.4 is 15.4 Å². The van der Waals surface area contributed by atoms with Crippen molar-refractivity contribution in [2.75, 3.05) is 13.2 Å². The molecule has 2 heterocycles. The first kappa shape index (κ1) is 42.2. The minimum Gasteiger partial charge on any atom is -0.465 e. The molecular formula is C40H53N5O10S. The Morgan fingerprint density at radius 3 is 2.48 bits per heavy atom. The van der Waals surface area contributed by atoms with Gasteiger partial charge in [-0.05, 0) is 87.0 Å². The monoisotopic (exact) mass is 795 g/mol. The maximum absolute atomic E-state index is 14.0. The first-order chi connectivity index (χ1) is 26.4. The minimum atomic E-state index is -3.88. The Morgan fingerprint density at radius 1 is 1.11 bits per heavy atom. The zero-order valence-corrected chi connectivity index (χ0v) is 33.3. The molecule has 0 bridgehead atoms. The van der Waals surface area contributed by atoms with E-state index in [0.717, 1.165) is 16.7 Å². The maximum Gasteiger partial charge on any atom is 0.407 e. The molecule has 304 valence electrons. The minimum absolute atomic E-state index is 0.00361. The van der Waals surface area contributed by atoms with E-state index >= 15 is 0 Å². The molecule has 5 amide bonds. The molecule has 56 heavy (non-hydrogen) atoms. The lowest BCUT2D eigenvalue weighted by molar-refractivity contribution is -0.141. The van der Waals surface area contributed by atoms with Gasteiger partial charge in [-0.3, -0.25) is 28.8 Å². The summed E-state index contributed by atoms with van der Waals surface area (Å²) in [5.41, 5.74) is 1.62. The standard InChI is InChI=1S/C40H53N5O10S/c1-6-28-21-40(28,36(49)43-56(53,54)30-15-16-30)42-34(47)33-14-10-18-45(33)35(48)32(20-29(46)19-25(2)3)41-37(50)55-24-39(4,5)17-8-7-11-26-12-9-13-27-22-44(38(51)52)23-31(26)27/h6-7,9,11-13,19,28,30,32-33H,1,8,10,14-18,20-24H2,2-5H3,(H,41,50)(H,42,47)(H,43,49)(H,51,52)/b11-7+/t28-,32+,33+,40-/m1/s1. The lowest BCUT2D eigenvalue weighted by Gasteiger charge is -2.30. The quantitative estimate of drug-likeness (QED) is 0.131. The van der Waals surface area contributed by atoms with E-state index in [2.05, 4.69) is 21.9 Å². The number of nitrogens with one attached hydrogen (secondary N) is 3. The molecule has 4 aliphatic rings. The van der Waals surface area contributed by atoms with Crippen LogP contribution in [0.3, 0.4) is 0 Å². The molecular weight excluding hydrogens is 743 g/mol. The average Bonchev–Trinajstić information content (AvgIpc) is 4.00. The van der Waals surface area contributed by atoms with Gasteiger partial charge in [0.2, 0.25) is 21.8 Å². The zero-order chi connectivity index (χ0) is 41.0. The number of carbonyl (C=O) groups excluding carboxylic acids is 5. The Morgan fingerprint density at radius 2 is 1.84 bits per heavy atom. The Hall–Kier alpha value is -4.99. The van der Waals surface area contributed by atoms with Crippen LogP contribution in [0.4, 0.5) is 9.59 Å². The third-order valence-electron chi connectivity index (χ3n) is 10.7. The predicted molar refractivity (Wildman–Crippen MR) is 207 cm³/mol. The van der Waals surface area contributed by atoms with E-state index in [4.69, 9.17) is 4.74 Å². The molecule has 4 N–H and O–H groups in total. The first-order valence-corrected chi connectivity index (χ1v) is 20.6. The van der Waals surface area contributed by atoms with Crippen molar-refractivity contribution in [3.05, 3.63) is 65.3 Å². The van der Waals surface area contributed by atoms with E-state index in [1.54, 1.807) is 13.8 Å². The van der Waals surface area contributed by atoms with Crippen molar-refractivity contribution in [3.63, 3.8) is 0 Å². The SMILES string of the molecule is C=C[C@@H]1C[C@]1(NC(=O)[C@@H]1CCCN1C(=O)[C@H](CC(=O)C=C(C)C)NC(=O)OCC(C)(C)CC/C=C/c1cccc2c1CN(C(=O)O)C2)C(=O)NS(=O)(=O)C1CC1. The largest absolute Gasteiger partial charge is 0.465 e. The number of hydrogen-bond donors (Lipinski definition) is 4. The van der Waals surface area contributed by atoms with Crippen LogP contribution in [-0.4, -0.2) is 95.0 Å². The number of carboxylic acid groups (broad SMARTS) is 1. The number of ketones is 1. The summed E-state index contributed by atoms with van der Waals surface area (Å²) in [4.78, 5) is 81.1. The molecule has 4 atom stereocenters. The third kappa shape index (κ3) is 10.2. The van der Waals surface area contributed by atoms with E-state index in [-0.39, 0.29) is 32.4 Å². The molecule has 2 saturated carbocycles. The van der Waals surface area contributed by atoms with Gasteiger partial charge >= 0.3 is 12.2 Å². The molecule has 2 aliphatic heterocycles. The zero-order valence-electron chi connectivity index (χ0n) is 32.5. The summed E-state index contributed by atoms with van der Waals surface area (Å²) in [7, 11) is -3.88. The number of hydrogen-bond acceptors (Lipinski definition) is 9. The summed E-state index contributed by atoms with van der Waals surface area (Å²) >= 11 is 0. The molecule has 1 saturated heterocycles. The van der Waals surface area contributed by atoms with E-state index < -0.39 is 79.9 Å². The van der Waals surface area contributed by atoms with E-state index in [0.29, 0.717) is 50.8 Å². The van der Waals surface area contributed by atoms with Crippen molar-refractivity contribution < 1.29 is 47.0 Å². The number of nitrogens with zero attached hydrogens (tertiary/aromatic N) is 2. The molecule has 15 nitrogen and oxygen atoms in total. The van der Waals surface area contributed by atoms with Gasteiger partial charge in [-0.2, -0.15) is 0 Å². The van der Waals surface area contributed by atoms with Gasteiger partial charge in [-0.25, -0.2) is 18.0 Å². The second kappa shape index (κ2) is 17.0. The van der Waals surface area contributed by atoms with Gasteiger partial charge in [0.15, 0.2) is 5.78 Å². The van der Waals surface area contributed by atoms with Crippen molar-refractivity contribution >= 4 is 51.8 Å². The average molecular weight is 796 g/mol. The van der Waals surface area contributed by atoms with E-state index in [1.807, 2.05) is 44.2 Å². The van der Waals surface area contributed by atoms with Crippen molar-refractivity contribution in [3.8, 4) is 0 Å². The number of benzene rings is 1. The number of amides is 5. The number of allylic oxidation sites excluding steroid dienone is 3. The topological polar surface area (TPSA) is 209 Å². The van der Waals surface area contributed by atoms with Crippen LogP contribution in [0.25, 0.3) is 6.08 Å². The number of ether oxygens (including phenoxy) is 1. The molecule has 0 aromatic heterocycles. The summed E-state index contributed by atoms with van der Waals surface area (Å²) in [5.74, 6) is -3.07. The van der Waals surface area contributed by atoms with Crippen molar-refractivity contribution in [1.29, 1.82) is 0 Å². The summed E-state index contributed by atoms with van der Waals surface area (Å²) in [6, 6.07) is 3.39. The van der Waals surface area contributed by atoms with Crippen LogP contribution in [0.15, 0.2) is 48.6 Å². The Labute approximate surface area is 328 Å². The smallest absolute Gasteiger partial charge is 0.407 e. The molecule has 0 radical (unpaired) electrons. The highest BCUT2D eigenvalue weighted by Gasteiger charge is 2.61. The van der Waals surface area contributed by atoms with Gasteiger partial charge < -0.3 is 25.4 Å². The fourth-order valence-electron chi connectivity index (χ4n) is 7.25. The summed E-state index contributed by atoms with van der Waals surface area (Å²) < 4.78 is 32.7. The lowest BCUT2D eigenvalue weighted by Crippen LogP contribution is -2.58. The molecule has 2 aliphatic carbocycles. The Balaban J connectivity index is 1.19. The molecule has 5 rings (SSSR count). The van der Waals surface area contributed by atoms with Gasteiger partial charge in [-0.1, -0.05) is 55.8 Å². The molecule has 3 fully saturated rings.